The number of hydrogen-bond donors (Lipinski definition) is 3. The summed E-state index contributed by atoms with van der Waals surface area (Å²) in [5.41, 5.74) is 1.73. The number of benzene rings is 1. The lowest BCUT2D eigenvalue weighted by Gasteiger charge is -2.18. The van der Waals surface area contributed by atoms with E-state index in [4.69, 9.17) is 4.74 Å². The Kier molecular flexibility index (Phi) is 3.82. The van der Waals surface area contributed by atoms with Crippen molar-refractivity contribution in [3.05, 3.63) is 18.2 Å². The van der Waals surface area contributed by atoms with Gasteiger partial charge in [0.2, 0.25) is 0 Å². The summed E-state index contributed by atoms with van der Waals surface area (Å²) in [6, 6.07) is 5.72. The first-order valence-electron chi connectivity index (χ1n) is 5.75. The van der Waals surface area contributed by atoms with Gasteiger partial charge in [0.25, 0.3) is 5.91 Å². The summed E-state index contributed by atoms with van der Waals surface area (Å²) in [6.45, 7) is 1.98. The number of carbonyl (C=O) groups is 1. The highest BCUT2D eigenvalue weighted by atomic mass is 16.5. The first-order chi connectivity index (χ1) is 8.29. The van der Waals surface area contributed by atoms with Gasteiger partial charge in [0.05, 0.1) is 5.69 Å². The Bertz CT molecular complexity index is 407. The minimum atomic E-state index is -0.107. The van der Waals surface area contributed by atoms with Gasteiger partial charge in [0.15, 0.2) is 6.61 Å². The van der Waals surface area contributed by atoms with Crippen molar-refractivity contribution >= 4 is 17.3 Å². The molecule has 1 amide bonds. The molecule has 5 heteroatoms. The second-order valence-corrected chi connectivity index (χ2v) is 3.93. The van der Waals surface area contributed by atoms with Crippen molar-refractivity contribution < 1.29 is 9.53 Å². The molecule has 0 bridgehead atoms. The second-order valence-electron chi connectivity index (χ2n) is 3.93. The SMILES string of the molecule is CNCCCNc1ccc2c(c1)NC(=O)CO2. The summed E-state index contributed by atoms with van der Waals surface area (Å²) in [5.74, 6) is 0.621. The lowest BCUT2D eigenvalue weighted by atomic mass is 10.2. The van der Waals surface area contributed by atoms with Crippen molar-refractivity contribution in [1.82, 2.24) is 5.32 Å². The van der Waals surface area contributed by atoms with E-state index >= 15 is 0 Å². The van der Waals surface area contributed by atoms with Crippen molar-refractivity contribution in [3.8, 4) is 5.75 Å². The predicted molar refractivity (Wildman–Crippen MR) is 67.6 cm³/mol. The number of nitrogens with one attached hydrogen (secondary N) is 3. The fourth-order valence-corrected chi connectivity index (χ4v) is 1.69. The van der Waals surface area contributed by atoms with Crippen LogP contribution in [0, 0.1) is 0 Å². The van der Waals surface area contributed by atoms with Gasteiger partial charge in [-0.05, 0) is 38.2 Å². The maximum absolute atomic E-state index is 11.2. The first kappa shape index (κ1) is 11.7. The minimum Gasteiger partial charge on any atom is -0.482 e. The maximum atomic E-state index is 11.2. The molecule has 92 valence electrons. The van der Waals surface area contributed by atoms with Crippen LogP contribution in [0.5, 0.6) is 5.75 Å². The molecule has 0 aliphatic carbocycles. The number of hydrogen-bond acceptors (Lipinski definition) is 4. The number of carbonyl (C=O) groups excluding carboxylic acids is 1. The molecule has 1 aromatic carbocycles. The Balaban J connectivity index is 1.95. The third-order valence-corrected chi connectivity index (χ3v) is 2.55. The van der Waals surface area contributed by atoms with E-state index in [1.165, 1.54) is 0 Å². The zero-order chi connectivity index (χ0) is 12.1. The van der Waals surface area contributed by atoms with Crippen LogP contribution in [0.2, 0.25) is 0 Å². The van der Waals surface area contributed by atoms with Gasteiger partial charge < -0.3 is 20.7 Å². The van der Waals surface area contributed by atoms with E-state index in [1.54, 1.807) is 0 Å². The Hall–Kier alpha value is -1.75. The van der Waals surface area contributed by atoms with Crippen LogP contribution in [0.4, 0.5) is 11.4 Å². The van der Waals surface area contributed by atoms with E-state index in [9.17, 15) is 4.79 Å². The monoisotopic (exact) mass is 235 g/mol. The van der Waals surface area contributed by atoms with E-state index in [-0.39, 0.29) is 12.5 Å². The number of amides is 1. The quantitative estimate of drug-likeness (QED) is 0.667. The summed E-state index contributed by atoms with van der Waals surface area (Å²) in [4.78, 5) is 11.2. The van der Waals surface area contributed by atoms with Gasteiger partial charge in [-0.3, -0.25) is 4.79 Å². The van der Waals surface area contributed by atoms with E-state index in [0.29, 0.717) is 0 Å². The highest BCUT2D eigenvalue weighted by Gasteiger charge is 2.15. The molecule has 1 aromatic rings. The summed E-state index contributed by atoms with van der Waals surface area (Å²) in [6.07, 6.45) is 1.05. The molecule has 1 heterocycles. The molecule has 0 atom stereocenters. The van der Waals surface area contributed by atoms with Crippen LogP contribution < -0.4 is 20.7 Å². The van der Waals surface area contributed by atoms with Crippen LogP contribution in [0.3, 0.4) is 0 Å². The molecular formula is C12H17N3O2. The Morgan fingerprint density at radius 2 is 2.29 bits per heavy atom. The molecule has 0 radical (unpaired) electrons. The fraction of sp³-hybridized carbons (Fsp3) is 0.417. The molecule has 5 nitrogen and oxygen atoms in total. The van der Waals surface area contributed by atoms with Crippen LogP contribution in [-0.4, -0.2) is 32.7 Å². The van der Waals surface area contributed by atoms with E-state index in [1.807, 2.05) is 25.2 Å². The van der Waals surface area contributed by atoms with Crippen molar-refractivity contribution in [1.29, 1.82) is 0 Å². The first-order valence-corrected chi connectivity index (χ1v) is 5.75. The average Bonchev–Trinajstić information content (AvgIpc) is 2.34. The standard InChI is InChI=1S/C12H17N3O2/c1-13-5-2-6-14-9-3-4-11-10(7-9)15-12(16)8-17-11/h3-4,7,13-14H,2,5-6,8H2,1H3,(H,15,16). The van der Waals surface area contributed by atoms with Gasteiger partial charge in [-0.2, -0.15) is 0 Å². The van der Waals surface area contributed by atoms with Crippen molar-refractivity contribution in [3.63, 3.8) is 0 Å². The molecule has 2 rings (SSSR count). The van der Waals surface area contributed by atoms with Crippen LogP contribution in [0.1, 0.15) is 6.42 Å². The maximum Gasteiger partial charge on any atom is 0.262 e. The summed E-state index contributed by atoms with van der Waals surface area (Å²) in [5, 5.41) is 9.18. The summed E-state index contributed by atoms with van der Waals surface area (Å²) >= 11 is 0. The normalized spacial score (nSPS) is 13.6. The third kappa shape index (κ3) is 3.10. The zero-order valence-electron chi connectivity index (χ0n) is 9.88. The van der Waals surface area contributed by atoms with Gasteiger partial charge in [-0.15, -0.1) is 0 Å². The van der Waals surface area contributed by atoms with Crippen LogP contribution in [0.25, 0.3) is 0 Å². The van der Waals surface area contributed by atoms with Gasteiger partial charge in [0, 0.05) is 12.2 Å². The third-order valence-electron chi connectivity index (χ3n) is 2.55. The average molecular weight is 235 g/mol. The summed E-state index contributed by atoms with van der Waals surface area (Å²) < 4.78 is 5.28. The topological polar surface area (TPSA) is 62.4 Å². The van der Waals surface area contributed by atoms with Gasteiger partial charge >= 0.3 is 0 Å². The van der Waals surface area contributed by atoms with Gasteiger partial charge in [0.1, 0.15) is 5.75 Å². The molecule has 3 N–H and O–H groups in total. The predicted octanol–water partition coefficient (Wildman–Crippen LogP) is 1.04. The van der Waals surface area contributed by atoms with E-state index in [0.717, 1.165) is 36.6 Å². The molecule has 1 aliphatic rings. The zero-order valence-corrected chi connectivity index (χ0v) is 9.88. The number of fused-ring (bicyclic) bond motifs is 1. The van der Waals surface area contributed by atoms with Crippen molar-refractivity contribution in [2.75, 3.05) is 37.4 Å². The molecule has 0 saturated heterocycles. The second kappa shape index (κ2) is 5.54. The molecule has 0 spiro atoms. The van der Waals surface area contributed by atoms with Crippen molar-refractivity contribution in [2.45, 2.75) is 6.42 Å². The molecule has 0 saturated carbocycles. The lowest BCUT2D eigenvalue weighted by molar-refractivity contribution is -0.118. The highest BCUT2D eigenvalue weighted by molar-refractivity contribution is 5.95. The number of rotatable bonds is 5. The largest absolute Gasteiger partial charge is 0.482 e. The molecule has 0 fully saturated rings. The molecule has 0 unspecified atom stereocenters. The molecular weight excluding hydrogens is 218 g/mol. The molecule has 0 aromatic heterocycles. The van der Waals surface area contributed by atoms with Gasteiger partial charge in [-0.1, -0.05) is 0 Å². The Morgan fingerprint density at radius 1 is 1.41 bits per heavy atom. The van der Waals surface area contributed by atoms with Gasteiger partial charge in [-0.25, -0.2) is 0 Å². The highest BCUT2D eigenvalue weighted by Crippen LogP contribution is 2.30. The van der Waals surface area contributed by atoms with Crippen LogP contribution in [-0.2, 0) is 4.79 Å². The van der Waals surface area contributed by atoms with E-state index in [2.05, 4.69) is 16.0 Å². The lowest BCUT2D eigenvalue weighted by Crippen LogP contribution is -2.25. The number of ether oxygens (including phenoxy) is 1. The molecule has 1 aliphatic heterocycles. The Labute approximate surface area is 101 Å². The summed E-state index contributed by atoms with van der Waals surface area (Å²) in [7, 11) is 1.94. The smallest absolute Gasteiger partial charge is 0.262 e. The van der Waals surface area contributed by atoms with Crippen LogP contribution >= 0.6 is 0 Å². The minimum absolute atomic E-state index is 0.0992. The Morgan fingerprint density at radius 3 is 3.12 bits per heavy atom. The van der Waals surface area contributed by atoms with E-state index < -0.39 is 0 Å². The number of anilines is 2. The fourth-order valence-electron chi connectivity index (χ4n) is 1.69. The van der Waals surface area contributed by atoms with Crippen molar-refractivity contribution in [2.24, 2.45) is 0 Å². The van der Waals surface area contributed by atoms with Crippen LogP contribution in [0.15, 0.2) is 18.2 Å². The molecule has 17 heavy (non-hydrogen) atoms.